The SMILES string of the molecule is O=C(c1ccc(OCCCN2CCOCC2)cc1)c1c(-c2ccccc2)sc2cc(O)ccc12. The lowest BCUT2D eigenvalue weighted by Crippen LogP contribution is -2.37. The van der Waals surface area contributed by atoms with Gasteiger partial charge < -0.3 is 14.6 Å². The summed E-state index contributed by atoms with van der Waals surface area (Å²) in [5.74, 6) is 0.930. The van der Waals surface area contributed by atoms with Crippen LogP contribution >= 0.6 is 11.3 Å². The number of fused-ring (bicyclic) bond motifs is 1. The van der Waals surface area contributed by atoms with E-state index in [1.807, 2.05) is 60.7 Å². The molecule has 34 heavy (non-hydrogen) atoms. The van der Waals surface area contributed by atoms with Gasteiger partial charge in [-0.05, 0) is 54.4 Å². The first-order valence-electron chi connectivity index (χ1n) is 11.6. The summed E-state index contributed by atoms with van der Waals surface area (Å²) in [6.07, 6.45) is 0.953. The molecule has 3 aromatic carbocycles. The van der Waals surface area contributed by atoms with E-state index in [-0.39, 0.29) is 11.5 Å². The number of carbonyl (C=O) groups is 1. The molecule has 5 rings (SSSR count). The summed E-state index contributed by atoms with van der Waals surface area (Å²) < 4.78 is 12.2. The average molecular weight is 474 g/mol. The maximum Gasteiger partial charge on any atom is 0.195 e. The number of carbonyl (C=O) groups excluding carboxylic acids is 1. The Morgan fingerprint density at radius 1 is 1.00 bits per heavy atom. The van der Waals surface area contributed by atoms with Crippen LogP contribution in [0, 0.1) is 0 Å². The first-order chi connectivity index (χ1) is 16.7. The maximum absolute atomic E-state index is 13.6. The highest BCUT2D eigenvalue weighted by atomic mass is 32.1. The first-order valence-corrected chi connectivity index (χ1v) is 12.4. The third kappa shape index (κ3) is 4.99. The van der Waals surface area contributed by atoms with Gasteiger partial charge >= 0.3 is 0 Å². The summed E-state index contributed by atoms with van der Waals surface area (Å²) in [5.41, 5.74) is 2.28. The van der Waals surface area contributed by atoms with Gasteiger partial charge in [0.05, 0.1) is 19.8 Å². The molecule has 0 bridgehead atoms. The topological polar surface area (TPSA) is 59.0 Å². The number of benzene rings is 3. The lowest BCUT2D eigenvalue weighted by Gasteiger charge is -2.26. The van der Waals surface area contributed by atoms with Crippen LogP contribution in [0.5, 0.6) is 11.5 Å². The van der Waals surface area contributed by atoms with Gasteiger partial charge in [-0.15, -0.1) is 11.3 Å². The Balaban J connectivity index is 1.32. The molecule has 1 saturated heterocycles. The zero-order valence-corrected chi connectivity index (χ0v) is 19.7. The van der Waals surface area contributed by atoms with Gasteiger partial charge in [0.2, 0.25) is 0 Å². The van der Waals surface area contributed by atoms with Gasteiger partial charge in [0, 0.05) is 45.7 Å². The van der Waals surface area contributed by atoms with Crippen LogP contribution in [0.15, 0.2) is 72.8 Å². The van der Waals surface area contributed by atoms with Crippen molar-refractivity contribution in [1.82, 2.24) is 4.90 Å². The van der Waals surface area contributed by atoms with Gasteiger partial charge in [0.1, 0.15) is 11.5 Å². The lowest BCUT2D eigenvalue weighted by atomic mass is 9.97. The number of hydrogen-bond donors (Lipinski definition) is 1. The molecular formula is C28H27NO4S. The van der Waals surface area contributed by atoms with Gasteiger partial charge in [-0.2, -0.15) is 0 Å². The van der Waals surface area contributed by atoms with Crippen LogP contribution in [0.3, 0.4) is 0 Å². The summed E-state index contributed by atoms with van der Waals surface area (Å²) in [4.78, 5) is 16.9. The zero-order chi connectivity index (χ0) is 23.3. The van der Waals surface area contributed by atoms with E-state index in [4.69, 9.17) is 9.47 Å². The van der Waals surface area contributed by atoms with Crippen LogP contribution in [0.4, 0.5) is 0 Å². The molecule has 0 spiro atoms. The van der Waals surface area contributed by atoms with E-state index in [2.05, 4.69) is 4.90 Å². The fraction of sp³-hybridized carbons (Fsp3) is 0.250. The number of aromatic hydroxyl groups is 1. The number of ether oxygens (including phenoxy) is 2. The molecule has 2 heterocycles. The largest absolute Gasteiger partial charge is 0.508 e. The Bertz CT molecular complexity index is 1260. The number of phenols is 1. The molecule has 0 saturated carbocycles. The molecule has 6 heteroatoms. The average Bonchev–Trinajstić information content (AvgIpc) is 3.26. The maximum atomic E-state index is 13.6. The van der Waals surface area contributed by atoms with E-state index in [0.29, 0.717) is 17.7 Å². The molecule has 1 fully saturated rings. The third-order valence-corrected chi connectivity index (χ3v) is 7.25. The molecule has 0 aliphatic carbocycles. The zero-order valence-electron chi connectivity index (χ0n) is 18.9. The van der Waals surface area contributed by atoms with Crippen molar-refractivity contribution in [3.63, 3.8) is 0 Å². The number of ketones is 1. The van der Waals surface area contributed by atoms with Gasteiger partial charge in [-0.1, -0.05) is 30.3 Å². The molecular weight excluding hydrogens is 446 g/mol. The third-order valence-electron chi connectivity index (χ3n) is 6.04. The number of thiophene rings is 1. The lowest BCUT2D eigenvalue weighted by molar-refractivity contribution is 0.0358. The molecule has 0 atom stereocenters. The molecule has 0 amide bonds. The molecule has 0 unspecified atom stereocenters. The molecule has 1 N–H and O–H groups in total. The van der Waals surface area contributed by atoms with Crippen LogP contribution in [-0.2, 0) is 4.74 Å². The van der Waals surface area contributed by atoms with Gasteiger partial charge in [-0.25, -0.2) is 0 Å². The summed E-state index contributed by atoms with van der Waals surface area (Å²) in [6.45, 7) is 5.23. The molecule has 1 aliphatic rings. The molecule has 5 nitrogen and oxygen atoms in total. The monoisotopic (exact) mass is 473 g/mol. The first kappa shape index (κ1) is 22.6. The predicted octanol–water partition coefficient (Wildman–Crippen LogP) is 5.61. The fourth-order valence-corrected chi connectivity index (χ4v) is 5.49. The number of hydrogen-bond acceptors (Lipinski definition) is 6. The quantitative estimate of drug-likeness (QED) is 0.266. The van der Waals surface area contributed by atoms with Crippen molar-refractivity contribution in [2.24, 2.45) is 0 Å². The van der Waals surface area contributed by atoms with Crippen molar-refractivity contribution in [2.45, 2.75) is 6.42 Å². The van der Waals surface area contributed by atoms with Crippen molar-refractivity contribution in [2.75, 3.05) is 39.5 Å². The standard InChI is InChI=1S/C28H27NO4S/c30-22-9-12-24-25(19-22)34-28(21-5-2-1-3-6-21)26(24)27(31)20-7-10-23(11-8-20)33-16-4-13-29-14-17-32-18-15-29/h1-3,5-12,19,30H,4,13-18H2. The van der Waals surface area contributed by atoms with Crippen molar-refractivity contribution < 1.29 is 19.4 Å². The van der Waals surface area contributed by atoms with Crippen LogP contribution < -0.4 is 4.74 Å². The number of phenolic OH excluding ortho intramolecular Hbond substituents is 1. The number of morpholine rings is 1. The Labute approximate surface area is 203 Å². The molecule has 1 aromatic heterocycles. The van der Waals surface area contributed by atoms with Crippen molar-refractivity contribution in [1.29, 1.82) is 0 Å². The summed E-state index contributed by atoms with van der Waals surface area (Å²) in [6, 6.07) is 22.5. The van der Waals surface area contributed by atoms with Crippen molar-refractivity contribution >= 4 is 27.2 Å². The van der Waals surface area contributed by atoms with E-state index in [0.717, 1.165) is 65.5 Å². The van der Waals surface area contributed by atoms with E-state index < -0.39 is 0 Å². The Morgan fingerprint density at radius 2 is 1.76 bits per heavy atom. The Morgan fingerprint density at radius 3 is 2.53 bits per heavy atom. The summed E-state index contributed by atoms with van der Waals surface area (Å²) in [7, 11) is 0. The highest BCUT2D eigenvalue weighted by molar-refractivity contribution is 7.22. The van der Waals surface area contributed by atoms with Crippen LogP contribution in [0.1, 0.15) is 22.3 Å². The molecule has 0 radical (unpaired) electrons. The molecule has 1 aliphatic heterocycles. The van der Waals surface area contributed by atoms with E-state index >= 15 is 0 Å². The smallest absolute Gasteiger partial charge is 0.195 e. The van der Waals surface area contributed by atoms with Gasteiger partial charge in [0.15, 0.2) is 5.78 Å². The minimum Gasteiger partial charge on any atom is -0.508 e. The number of nitrogens with zero attached hydrogens (tertiary/aromatic N) is 1. The normalized spacial score (nSPS) is 14.4. The second-order valence-corrected chi connectivity index (χ2v) is 9.41. The summed E-state index contributed by atoms with van der Waals surface area (Å²) >= 11 is 1.53. The van der Waals surface area contributed by atoms with Crippen LogP contribution in [0.2, 0.25) is 0 Å². The van der Waals surface area contributed by atoms with Crippen molar-refractivity contribution in [3.05, 3.63) is 83.9 Å². The Kier molecular flexibility index (Phi) is 6.90. The minimum absolute atomic E-state index is 0.0327. The highest BCUT2D eigenvalue weighted by Gasteiger charge is 2.22. The highest BCUT2D eigenvalue weighted by Crippen LogP contribution is 2.41. The van der Waals surface area contributed by atoms with Crippen molar-refractivity contribution in [3.8, 4) is 21.9 Å². The van der Waals surface area contributed by atoms with Crippen LogP contribution in [0.25, 0.3) is 20.5 Å². The molecule has 174 valence electrons. The van der Waals surface area contributed by atoms with Gasteiger partial charge in [-0.3, -0.25) is 9.69 Å². The second-order valence-electron chi connectivity index (χ2n) is 8.36. The predicted molar refractivity (Wildman–Crippen MR) is 136 cm³/mol. The fourth-order valence-electron chi connectivity index (χ4n) is 4.25. The summed E-state index contributed by atoms with van der Waals surface area (Å²) in [5, 5.41) is 10.8. The van der Waals surface area contributed by atoms with E-state index in [1.165, 1.54) is 11.3 Å². The number of rotatable bonds is 8. The van der Waals surface area contributed by atoms with Crippen LogP contribution in [-0.4, -0.2) is 55.2 Å². The van der Waals surface area contributed by atoms with Gasteiger partial charge in [0.25, 0.3) is 0 Å². The minimum atomic E-state index is -0.0327. The Hall–Kier alpha value is -3.19. The van der Waals surface area contributed by atoms with E-state index in [9.17, 15) is 9.90 Å². The second kappa shape index (κ2) is 10.4. The molecule has 4 aromatic rings. The van der Waals surface area contributed by atoms with E-state index in [1.54, 1.807) is 12.1 Å².